The molecule has 1 aliphatic carbocycles. The largest absolute Gasteiger partial charge is 0.361 e. The third kappa shape index (κ3) is 1.39. The Labute approximate surface area is 77.1 Å². The van der Waals surface area contributed by atoms with E-state index in [1.807, 2.05) is 13.8 Å². The van der Waals surface area contributed by atoms with Crippen molar-refractivity contribution in [2.24, 2.45) is 0 Å². The summed E-state index contributed by atoms with van der Waals surface area (Å²) in [5.74, 6) is 1.60. The minimum absolute atomic E-state index is 0.360. The summed E-state index contributed by atoms with van der Waals surface area (Å²) < 4.78 is 5.08. The highest BCUT2D eigenvalue weighted by molar-refractivity contribution is 5.81. The summed E-state index contributed by atoms with van der Waals surface area (Å²) in [7, 11) is 0. The molecule has 0 N–H and O–H groups in total. The Bertz CT molecular complexity index is 321. The monoisotopic (exact) mass is 179 g/mol. The second-order valence-corrected chi connectivity index (χ2v) is 3.72. The fourth-order valence-corrected chi connectivity index (χ4v) is 2.13. The molecular formula is C10H13NO2. The fourth-order valence-electron chi connectivity index (χ4n) is 2.13. The average molecular weight is 179 g/mol. The van der Waals surface area contributed by atoms with Crippen LogP contribution >= 0.6 is 0 Å². The van der Waals surface area contributed by atoms with E-state index in [9.17, 15) is 4.79 Å². The summed E-state index contributed by atoms with van der Waals surface area (Å²) in [4.78, 5) is 11.1. The molecule has 1 atom stereocenters. The van der Waals surface area contributed by atoms with Crippen molar-refractivity contribution < 1.29 is 9.32 Å². The Hall–Kier alpha value is -1.12. The predicted octanol–water partition coefficient (Wildman–Crippen LogP) is 2.13. The molecule has 1 aliphatic rings. The van der Waals surface area contributed by atoms with Crippen LogP contribution in [0.1, 0.15) is 42.2 Å². The van der Waals surface area contributed by atoms with Crippen LogP contribution in [0, 0.1) is 13.8 Å². The number of aromatic nitrogens is 1. The van der Waals surface area contributed by atoms with Crippen molar-refractivity contribution in [1.29, 1.82) is 0 Å². The second-order valence-electron chi connectivity index (χ2n) is 3.72. The number of carbonyl (C=O) groups is 1. The van der Waals surface area contributed by atoms with Gasteiger partial charge in [-0.1, -0.05) is 5.16 Å². The number of carbonyl (C=O) groups excluding carboxylic acids is 1. The van der Waals surface area contributed by atoms with E-state index < -0.39 is 0 Å². The maximum absolute atomic E-state index is 11.1. The lowest BCUT2D eigenvalue weighted by Gasteiger charge is -2.05. The van der Waals surface area contributed by atoms with Gasteiger partial charge in [0.2, 0.25) is 0 Å². The van der Waals surface area contributed by atoms with Gasteiger partial charge in [0.1, 0.15) is 11.5 Å². The Morgan fingerprint density at radius 3 is 2.69 bits per heavy atom. The van der Waals surface area contributed by atoms with E-state index in [1.54, 1.807) is 0 Å². The molecule has 0 spiro atoms. The summed E-state index contributed by atoms with van der Waals surface area (Å²) in [6.45, 7) is 3.85. The van der Waals surface area contributed by atoms with Crippen LogP contribution < -0.4 is 0 Å². The number of Topliss-reactive ketones (excluding diaryl/α,β-unsaturated/α-hetero) is 1. The number of hydrogen-bond donors (Lipinski definition) is 0. The zero-order valence-electron chi connectivity index (χ0n) is 7.96. The minimum atomic E-state index is 0.360. The van der Waals surface area contributed by atoms with Gasteiger partial charge in [-0.25, -0.2) is 0 Å². The Morgan fingerprint density at radius 1 is 1.46 bits per heavy atom. The van der Waals surface area contributed by atoms with Gasteiger partial charge < -0.3 is 4.52 Å². The smallest absolute Gasteiger partial charge is 0.137 e. The first kappa shape index (κ1) is 8.48. The van der Waals surface area contributed by atoms with E-state index in [0.717, 1.165) is 23.4 Å². The first-order valence-corrected chi connectivity index (χ1v) is 4.63. The van der Waals surface area contributed by atoms with Crippen LogP contribution in [0.25, 0.3) is 0 Å². The number of aryl methyl sites for hydroxylation is 2. The summed E-state index contributed by atoms with van der Waals surface area (Å²) >= 11 is 0. The maximum atomic E-state index is 11.1. The van der Waals surface area contributed by atoms with Gasteiger partial charge in [-0.2, -0.15) is 0 Å². The highest BCUT2D eigenvalue weighted by Gasteiger charge is 2.28. The standard InChI is InChI=1S/C10H13NO2/c1-6-10(7(2)13-11-6)8-3-4-9(12)5-8/h8H,3-5H2,1-2H3. The molecule has 0 bridgehead atoms. The van der Waals surface area contributed by atoms with Crippen LogP contribution in [0.3, 0.4) is 0 Å². The van der Waals surface area contributed by atoms with Crippen molar-refractivity contribution in [2.75, 3.05) is 0 Å². The normalized spacial score (nSPS) is 22.6. The minimum Gasteiger partial charge on any atom is -0.361 e. The summed E-state index contributed by atoms with van der Waals surface area (Å²) in [6.07, 6.45) is 2.35. The van der Waals surface area contributed by atoms with Crippen LogP contribution in [0.2, 0.25) is 0 Å². The number of rotatable bonds is 1. The summed E-state index contributed by atoms with van der Waals surface area (Å²) in [5, 5.41) is 3.90. The van der Waals surface area contributed by atoms with Crippen LogP contribution in [0.15, 0.2) is 4.52 Å². The molecule has 0 saturated heterocycles. The average Bonchev–Trinajstić information content (AvgIpc) is 2.60. The van der Waals surface area contributed by atoms with Crippen molar-refractivity contribution in [1.82, 2.24) is 5.16 Å². The van der Waals surface area contributed by atoms with E-state index >= 15 is 0 Å². The van der Waals surface area contributed by atoms with Crippen LogP contribution in [0.5, 0.6) is 0 Å². The first-order valence-electron chi connectivity index (χ1n) is 4.63. The molecule has 0 amide bonds. The van der Waals surface area contributed by atoms with Gasteiger partial charge in [-0.05, 0) is 26.2 Å². The SMILES string of the molecule is Cc1noc(C)c1C1CCC(=O)C1. The van der Waals surface area contributed by atoms with Crippen molar-refractivity contribution in [3.63, 3.8) is 0 Å². The van der Waals surface area contributed by atoms with Gasteiger partial charge in [0, 0.05) is 18.4 Å². The maximum Gasteiger partial charge on any atom is 0.137 e. The van der Waals surface area contributed by atoms with E-state index in [1.165, 1.54) is 0 Å². The molecule has 1 heterocycles. The molecule has 1 aromatic rings. The topological polar surface area (TPSA) is 43.1 Å². The molecule has 13 heavy (non-hydrogen) atoms. The summed E-state index contributed by atoms with van der Waals surface area (Å²) in [5.41, 5.74) is 2.10. The molecule has 2 rings (SSSR count). The lowest BCUT2D eigenvalue weighted by atomic mass is 9.96. The van der Waals surface area contributed by atoms with Crippen molar-refractivity contribution >= 4 is 5.78 Å². The van der Waals surface area contributed by atoms with E-state index in [0.29, 0.717) is 24.5 Å². The fraction of sp³-hybridized carbons (Fsp3) is 0.600. The van der Waals surface area contributed by atoms with Gasteiger partial charge in [-0.15, -0.1) is 0 Å². The van der Waals surface area contributed by atoms with Crippen molar-refractivity contribution in [3.05, 3.63) is 17.0 Å². The molecule has 1 saturated carbocycles. The molecule has 1 unspecified atom stereocenters. The van der Waals surface area contributed by atoms with E-state index in [-0.39, 0.29) is 0 Å². The zero-order chi connectivity index (χ0) is 9.42. The van der Waals surface area contributed by atoms with Crippen LogP contribution in [0.4, 0.5) is 0 Å². The van der Waals surface area contributed by atoms with Gasteiger partial charge in [-0.3, -0.25) is 4.79 Å². The molecule has 3 heteroatoms. The molecule has 0 aromatic carbocycles. The van der Waals surface area contributed by atoms with E-state index in [4.69, 9.17) is 4.52 Å². The van der Waals surface area contributed by atoms with Crippen LogP contribution in [-0.4, -0.2) is 10.9 Å². The van der Waals surface area contributed by atoms with Crippen LogP contribution in [-0.2, 0) is 4.79 Å². The zero-order valence-corrected chi connectivity index (χ0v) is 7.96. The first-order chi connectivity index (χ1) is 6.18. The molecular weight excluding hydrogens is 166 g/mol. The summed E-state index contributed by atoms with van der Waals surface area (Å²) in [6, 6.07) is 0. The highest BCUT2D eigenvalue weighted by Crippen LogP contribution is 2.35. The lowest BCUT2D eigenvalue weighted by molar-refractivity contribution is -0.117. The Balaban J connectivity index is 2.30. The van der Waals surface area contributed by atoms with Gasteiger partial charge >= 0.3 is 0 Å². The Kier molecular flexibility index (Phi) is 1.94. The molecule has 0 aliphatic heterocycles. The van der Waals surface area contributed by atoms with Crippen molar-refractivity contribution in [3.8, 4) is 0 Å². The van der Waals surface area contributed by atoms with Gasteiger partial charge in [0.15, 0.2) is 0 Å². The quantitative estimate of drug-likeness (QED) is 0.663. The molecule has 1 fully saturated rings. The number of hydrogen-bond acceptors (Lipinski definition) is 3. The molecule has 70 valence electrons. The van der Waals surface area contributed by atoms with E-state index in [2.05, 4.69) is 5.16 Å². The number of nitrogens with zero attached hydrogens (tertiary/aromatic N) is 1. The van der Waals surface area contributed by atoms with Gasteiger partial charge in [0.05, 0.1) is 5.69 Å². The second kappa shape index (κ2) is 2.98. The molecule has 0 radical (unpaired) electrons. The molecule has 1 aromatic heterocycles. The van der Waals surface area contributed by atoms with Gasteiger partial charge in [0.25, 0.3) is 0 Å². The third-order valence-electron chi connectivity index (χ3n) is 2.74. The third-order valence-corrected chi connectivity index (χ3v) is 2.74. The molecule has 3 nitrogen and oxygen atoms in total. The lowest BCUT2D eigenvalue weighted by Crippen LogP contribution is -1.96. The predicted molar refractivity (Wildman–Crippen MR) is 47.6 cm³/mol. The number of ketones is 1. The Morgan fingerprint density at radius 2 is 2.23 bits per heavy atom. The highest BCUT2D eigenvalue weighted by atomic mass is 16.5. The van der Waals surface area contributed by atoms with Crippen molar-refractivity contribution in [2.45, 2.75) is 39.0 Å².